The molecule has 1 aliphatic heterocycles. The largest absolute Gasteiger partial charge is 0.378 e. The van der Waals surface area contributed by atoms with E-state index in [1.807, 2.05) is 6.07 Å². The molecule has 0 saturated carbocycles. The predicted octanol–water partition coefficient (Wildman–Crippen LogP) is 2.14. The maximum atomic E-state index is 5.55. The zero-order valence-corrected chi connectivity index (χ0v) is 11.1. The van der Waals surface area contributed by atoms with Crippen molar-refractivity contribution < 1.29 is 4.74 Å². The van der Waals surface area contributed by atoms with E-state index in [-0.39, 0.29) is 0 Å². The highest BCUT2D eigenvalue weighted by atomic mass is 16.5. The first kappa shape index (κ1) is 13.1. The summed E-state index contributed by atoms with van der Waals surface area (Å²) in [6, 6.07) is 1.90. The Morgan fingerprint density at radius 2 is 2.33 bits per heavy atom. The Hall–Kier alpha value is -1.36. The van der Waals surface area contributed by atoms with Gasteiger partial charge in [0.15, 0.2) is 0 Å². The van der Waals surface area contributed by atoms with E-state index in [4.69, 9.17) is 4.74 Å². The SMILES string of the molecule is CCCNc1nccc(NCC2CCOC2C)n1. The summed E-state index contributed by atoms with van der Waals surface area (Å²) in [7, 11) is 0. The molecular formula is C13H22N4O. The van der Waals surface area contributed by atoms with E-state index in [2.05, 4.69) is 34.4 Å². The Labute approximate surface area is 108 Å². The number of aromatic nitrogens is 2. The first-order valence-corrected chi connectivity index (χ1v) is 6.72. The molecule has 0 bridgehead atoms. The molecule has 0 spiro atoms. The minimum Gasteiger partial charge on any atom is -0.378 e. The van der Waals surface area contributed by atoms with E-state index in [0.717, 1.165) is 38.4 Å². The average molecular weight is 250 g/mol. The van der Waals surface area contributed by atoms with Crippen molar-refractivity contribution in [3.63, 3.8) is 0 Å². The van der Waals surface area contributed by atoms with Crippen LogP contribution in [0.2, 0.25) is 0 Å². The third-order valence-electron chi connectivity index (χ3n) is 3.27. The summed E-state index contributed by atoms with van der Waals surface area (Å²) in [4.78, 5) is 8.61. The van der Waals surface area contributed by atoms with Crippen LogP contribution in [0.1, 0.15) is 26.7 Å². The molecule has 2 unspecified atom stereocenters. The first-order valence-electron chi connectivity index (χ1n) is 6.72. The number of rotatable bonds is 6. The van der Waals surface area contributed by atoms with Crippen molar-refractivity contribution in [2.75, 3.05) is 30.3 Å². The number of ether oxygens (including phenoxy) is 1. The second kappa shape index (κ2) is 6.54. The second-order valence-electron chi connectivity index (χ2n) is 4.70. The van der Waals surface area contributed by atoms with Crippen molar-refractivity contribution in [1.82, 2.24) is 9.97 Å². The molecular weight excluding hydrogens is 228 g/mol. The van der Waals surface area contributed by atoms with E-state index in [1.165, 1.54) is 0 Å². The van der Waals surface area contributed by atoms with Crippen molar-refractivity contribution in [2.24, 2.45) is 5.92 Å². The highest BCUT2D eigenvalue weighted by molar-refractivity contribution is 5.39. The molecule has 0 aromatic carbocycles. The van der Waals surface area contributed by atoms with Crippen LogP contribution in [0.15, 0.2) is 12.3 Å². The van der Waals surface area contributed by atoms with E-state index < -0.39 is 0 Å². The van der Waals surface area contributed by atoms with E-state index >= 15 is 0 Å². The maximum absolute atomic E-state index is 5.55. The summed E-state index contributed by atoms with van der Waals surface area (Å²) >= 11 is 0. The van der Waals surface area contributed by atoms with Gasteiger partial charge in [0.1, 0.15) is 5.82 Å². The van der Waals surface area contributed by atoms with Crippen molar-refractivity contribution in [3.05, 3.63) is 12.3 Å². The minimum atomic E-state index is 0.344. The zero-order chi connectivity index (χ0) is 12.8. The monoisotopic (exact) mass is 250 g/mol. The lowest BCUT2D eigenvalue weighted by atomic mass is 10.0. The number of hydrogen-bond acceptors (Lipinski definition) is 5. The second-order valence-corrected chi connectivity index (χ2v) is 4.70. The Kier molecular flexibility index (Phi) is 4.75. The molecule has 5 heteroatoms. The molecule has 1 fully saturated rings. The van der Waals surface area contributed by atoms with Gasteiger partial charge in [-0.05, 0) is 25.8 Å². The molecule has 100 valence electrons. The molecule has 5 nitrogen and oxygen atoms in total. The van der Waals surface area contributed by atoms with E-state index in [0.29, 0.717) is 18.0 Å². The van der Waals surface area contributed by atoms with Crippen LogP contribution in [0.25, 0.3) is 0 Å². The molecule has 2 heterocycles. The zero-order valence-electron chi connectivity index (χ0n) is 11.1. The molecule has 1 aliphatic rings. The quantitative estimate of drug-likeness (QED) is 0.810. The number of nitrogens with one attached hydrogen (secondary N) is 2. The van der Waals surface area contributed by atoms with Gasteiger partial charge in [0, 0.05) is 31.8 Å². The number of hydrogen-bond donors (Lipinski definition) is 2. The van der Waals surface area contributed by atoms with Crippen molar-refractivity contribution >= 4 is 11.8 Å². The summed E-state index contributed by atoms with van der Waals surface area (Å²) < 4.78 is 5.55. The van der Waals surface area contributed by atoms with Crippen LogP contribution in [0.3, 0.4) is 0 Å². The van der Waals surface area contributed by atoms with Gasteiger partial charge in [-0.1, -0.05) is 6.92 Å². The normalized spacial score (nSPS) is 23.0. The molecule has 1 aromatic rings. The molecule has 0 radical (unpaired) electrons. The molecule has 0 aliphatic carbocycles. The van der Waals surface area contributed by atoms with Crippen molar-refractivity contribution in [1.29, 1.82) is 0 Å². The van der Waals surface area contributed by atoms with Crippen LogP contribution in [-0.2, 0) is 4.74 Å². The highest BCUT2D eigenvalue weighted by Gasteiger charge is 2.23. The summed E-state index contributed by atoms with van der Waals surface area (Å²) in [6.45, 7) is 6.94. The lowest BCUT2D eigenvalue weighted by Crippen LogP contribution is -2.21. The Balaban J connectivity index is 1.84. The van der Waals surface area contributed by atoms with Crippen LogP contribution in [0.4, 0.5) is 11.8 Å². The molecule has 1 aromatic heterocycles. The van der Waals surface area contributed by atoms with Gasteiger partial charge < -0.3 is 15.4 Å². The van der Waals surface area contributed by atoms with Gasteiger partial charge in [0.05, 0.1) is 6.10 Å². The third-order valence-corrected chi connectivity index (χ3v) is 3.27. The third kappa shape index (κ3) is 3.57. The number of anilines is 2. The van der Waals surface area contributed by atoms with Crippen molar-refractivity contribution in [2.45, 2.75) is 32.8 Å². The summed E-state index contributed by atoms with van der Waals surface area (Å²) in [6.07, 6.45) is 4.32. The predicted molar refractivity (Wildman–Crippen MR) is 72.8 cm³/mol. The fourth-order valence-electron chi connectivity index (χ4n) is 2.06. The molecule has 2 atom stereocenters. The van der Waals surface area contributed by atoms with Gasteiger partial charge in [-0.15, -0.1) is 0 Å². The highest BCUT2D eigenvalue weighted by Crippen LogP contribution is 2.20. The standard InChI is InChI=1S/C13H22N4O/c1-3-6-14-13-15-7-4-12(17-13)16-9-11-5-8-18-10(11)2/h4,7,10-11H,3,5-6,8-9H2,1-2H3,(H2,14,15,16,17). The van der Waals surface area contributed by atoms with Gasteiger partial charge >= 0.3 is 0 Å². The molecule has 0 amide bonds. The fraction of sp³-hybridized carbons (Fsp3) is 0.692. The van der Waals surface area contributed by atoms with Gasteiger partial charge in [0.2, 0.25) is 5.95 Å². The van der Waals surface area contributed by atoms with Gasteiger partial charge in [-0.2, -0.15) is 4.98 Å². The van der Waals surface area contributed by atoms with Crippen LogP contribution in [-0.4, -0.2) is 35.8 Å². The lowest BCUT2D eigenvalue weighted by Gasteiger charge is -2.15. The summed E-state index contributed by atoms with van der Waals surface area (Å²) in [5.74, 6) is 2.15. The molecule has 18 heavy (non-hydrogen) atoms. The fourth-order valence-corrected chi connectivity index (χ4v) is 2.06. The topological polar surface area (TPSA) is 59.1 Å². The van der Waals surface area contributed by atoms with Gasteiger partial charge in [-0.3, -0.25) is 0 Å². The van der Waals surface area contributed by atoms with Crippen molar-refractivity contribution in [3.8, 4) is 0 Å². The lowest BCUT2D eigenvalue weighted by molar-refractivity contribution is 0.108. The van der Waals surface area contributed by atoms with E-state index in [9.17, 15) is 0 Å². The molecule has 2 N–H and O–H groups in total. The Morgan fingerprint density at radius 1 is 1.44 bits per heavy atom. The summed E-state index contributed by atoms with van der Waals surface area (Å²) in [5, 5.41) is 6.55. The number of nitrogens with zero attached hydrogens (tertiary/aromatic N) is 2. The minimum absolute atomic E-state index is 0.344. The molecule has 2 rings (SSSR count). The Bertz CT molecular complexity index is 372. The van der Waals surface area contributed by atoms with Gasteiger partial charge in [0.25, 0.3) is 0 Å². The van der Waals surface area contributed by atoms with Crippen LogP contribution >= 0.6 is 0 Å². The van der Waals surface area contributed by atoms with Gasteiger partial charge in [-0.25, -0.2) is 4.98 Å². The van der Waals surface area contributed by atoms with Crippen LogP contribution in [0.5, 0.6) is 0 Å². The summed E-state index contributed by atoms with van der Waals surface area (Å²) in [5.41, 5.74) is 0. The van der Waals surface area contributed by atoms with E-state index in [1.54, 1.807) is 6.20 Å². The smallest absolute Gasteiger partial charge is 0.224 e. The van der Waals surface area contributed by atoms with Crippen LogP contribution < -0.4 is 10.6 Å². The Morgan fingerprint density at radius 3 is 3.06 bits per heavy atom. The maximum Gasteiger partial charge on any atom is 0.224 e. The average Bonchev–Trinajstić information content (AvgIpc) is 2.80. The molecule has 1 saturated heterocycles. The first-order chi connectivity index (χ1) is 8.79. The van der Waals surface area contributed by atoms with Crippen LogP contribution in [0, 0.1) is 5.92 Å².